The van der Waals surface area contributed by atoms with E-state index in [1.54, 1.807) is 0 Å². The number of benzene rings is 1. The molecule has 0 saturated carbocycles. The quantitative estimate of drug-likeness (QED) is 0.779. The molecular weight excluding hydrogens is 293 g/mol. The molecule has 1 aromatic rings. The zero-order chi connectivity index (χ0) is 15.5. The molecule has 1 heterocycles. The number of hydrogen-bond acceptors (Lipinski definition) is 4. The summed E-state index contributed by atoms with van der Waals surface area (Å²) in [7, 11) is -2.90. The molecule has 0 bridgehead atoms. The van der Waals surface area contributed by atoms with E-state index in [0.717, 1.165) is 0 Å². The molecule has 1 aliphatic heterocycles. The number of halogens is 1. The van der Waals surface area contributed by atoms with Crippen LogP contribution < -0.4 is 0 Å². The summed E-state index contributed by atoms with van der Waals surface area (Å²) in [5, 5.41) is 0. The van der Waals surface area contributed by atoms with Crippen LogP contribution in [0.2, 0.25) is 0 Å². The maximum Gasteiger partial charge on any atom is 0.162 e. The second kappa shape index (κ2) is 6.66. The first-order chi connectivity index (χ1) is 9.87. The molecule has 0 aliphatic carbocycles. The second-order valence-corrected chi connectivity index (χ2v) is 7.76. The summed E-state index contributed by atoms with van der Waals surface area (Å²) in [6.45, 7) is 3.15. The number of rotatable bonds is 5. The van der Waals surface area contributed by atoms with Crippen molar-refractivity contribution in [2.75, 3.05) is 24.6 Å². The van der Waals surface area contributed by atoms with Crippen LogP contribution in [0.4, 0.5) is 4.39 Å². The highest BCUT2D eigenvalue weighted by Crippen LogP contribution is 2.13. The third kappa shape index (κ3) is 4.61. The van der Waals surface area contributed by atoms with Crippen LogP contribution in [0.25, 0.3) is 0 Å². The predicted octanol–water partition coefficient (Wildman–Crippen LogP) is 1.91. The molecule has 4 nitrogen and oxygen atoms in total. The number of nitrogens with zero attached hydrogens (tertiary/aromatic N) is 1. The van der Waals surface area contributed by atoms with Gasteiger partial charge in [0.2, 0.25) is 0 Å². The van der Waals surface area contributed by atoms with Crippen molar-refractivity contribution in [3.05, 3.63) is 35.6 Å². The first-order valence-electron chi connectivity index (χ1n) is 7.10. The Bertz CT molecular complexity index is 598. The van der Waals surface area contributed by atoms with Crippen molar-refractivity contribution in [1.82, 2.24) is 4.90 Å². The minimum Gasteiger partial charge on any atom is -0.299 e. The van der Waals surface area contributed by atoms with Crippen LogP contribution in [0.15, 0.2) is 24.3 Å². The summed E-state index contributed by atoms with van der Waals surface area (Å²) in [6, 6.07) is 5.56. The van der Waals surface area contributed by atoms with E-state index in [0.29, 0.717) is 31.5 Å². The van der Waals surface area contributed by atoms with Gasteiger partial charge in [0.05, 0.1) is 11.5 Å². The van der Waals surface area contributed by atoms with Gasteiger partial charge >= 0.3 is 0 Å². The summed E-state index contributed by atoms with van der Waals surface area (Å²) in [5.74, 6) is 0.0319. The lowest BCUT2D eigenvalue weighted by Gasteiger charge is -2.32. The molecule has 1 unspecified atom stereocenters. The Morgan fingerprint density at radius 2 is 2.00 bits per heavy atom. The van der Waals surface area contributed by atoms with Crippen LogP contribution in [-0.2, 0) is 9.84 Å². The molecule has 6 heteroatoms. The molecule has 0 amide bonds. The molecule has 2 rings (SSSR count). The molecular formula is C15H20FNO3S. The Morgan fingerprint density at radius 1 is 1.33 bits per heavy atom. The number of ketones is 1. The molecule has 116 valence electrons. The van der Waals surface area contributed by atoms with Gasteiger partial charge in [0.25, 0.3) is 0 Å². The smallest absolute Gasteiger partial charge is 0.162 e. The Balaban J connectivity index is 1.79. The van der Waals surface area contributed by atoms with E-state index in [9.17, 15) is 17.6 Å². The van der Waals surface area contributed by atoms with E-state index < -0.39 is 9.84 Å². The normalized spacial score (nSPS) is 22.1. The maximum absolute atomic E-state index is 12.8. The molecule has 0 N–H and O–H groups in total. The second-order valence-electron chi connectivity index (χ2n) is 5.53. The third-order valence-electron chi connectivity index (χ3n) is 3.82. The van der Waals surface area contributed by atoms with Gasteiger partial charge in [0.15, 0.2) is 15.6 Å². The van der Waals surface area contributed by atoms with Gasteiger partial charge in [-0.1, -0.05) is 0 Å². The predicted molar refractivity (Wildman–Crippen MR) is 79.7 cm³/mol. The van der Waals surface area contributed by atoms with Gasteiger partial charge in [-0.3, -0.25) is 9.69 Å². The van der Waals surface area contributed by atoms with Crippen molar-refractivity contribution in [3.8, 4) is 0 Å². The minimum atomic E-state index is -2.90. The first-order valence-corrected chi connectivity index (χ1v) is 8.93. The molecule has 1 saturated heterocycles. The van der Waals surface area contributed by atoms with Gasteiger partial charge < -0.3 is 0 Å². The zero-order valence-corrected chi connectivity index (χ0v) is 12.9. The Morgan fingerprint density at radius 3 is 2.62 bits per heavy atom. The van der Waals surface area contributed by atoms with Gasteiger partial charge in [0, 0.05) is 24.6 Å². The summed E-state index contributed by atoms with van der Waals surface area (Å²) < 4.78 is 35.8. The summed E-state index contributed by atoms with van der Waals surface area (Å²) in [5.41, 5.74) is 0.519. The van der Waals surface area contributed by atoms with Crippen LogP contribution in [0.3, 0.4) is 0 Å². The first kappa shape index (κ1) is 16.1. The Labute approximate surface area is 124 Å². The SMILES string of the molecule is CC1CS(=O)(=O)CCN1CCCC(=O)c1ccc(F)cc1. The minimum absolute atomic E-state index is 0.00433. The van der Waals surface area contributed by atoms with Crippen molar-refractivity contribution in [3.63, 3.8) is 0 Å². The van der Waals surface area contributed by atoms with Gasteiger partial charge in [-0.25, -0.2) is 12.8 Å². The van der Waals surface area contributed by atoms with Gasteiger partial charge in [0.1, 0.15) is 5.82 Å². The number of sulfone groups is 1. The van der Waals surface area contributed by atoms with Crippen molar-refractivity contribution in [2.45, 2.75) is 25.8 Å². The molecule has 1 fully saturated rings. The Hall–Kier alpha value is -1.27. The molecule has 1 aliphatic rings. The van der Waals surface area contributed by atoms with E-state index in [1.807, 2.05) is 6.92 Å². The average molecular weight is 313 g/mol. The highest BCUT2D eigenvalue weighted by Gasteiger charge is 2.27. The van der Waals surface area contributed by atoms with Crippen molar-refractivity contribution in [2.24, 2.45) is 0 Å². The van der Waals surface area contributed by atoms with Crippen LogP contribution in [-0.4, -0.2) is 49.7 Å². The lowest BCUT2D eigenvalue weighted by Crippen LogP contribution is -2.47. The largest absolute Gasteiger partial charge is 0.299 e. The number of Topliss-reactive ketones (excluding diaryl/α,β-unsaturated/α-hetero) is 1. The van der Waals surface area contributed by atoms with E-state index in [-0.39, 0.29) is 29.1 Å². The van der Waals surface area contributed by atoms with E-state index >= 15 is 0 Å². The maximum atomic E-state index is 12.8. The average Bonchev–Trinajstić information content (AvgIpc) is 2.41. The van der Waals surface area contributed by atoms with E-state index in [1.165, 1.54) is 24.3 Å². The van der Waals surface area contributed by atoms with Gasteiger partial charge in [-0.15, -0.1) is 0 Å². The summed E-state index contributed by atoms with van der Waals surface area (Å²) in [4.78, 5) is 14.1. The highest BCUT2D eigenvalue weighted by molar-refractivity contribution is 7.91. The number of hydrogen-bond donors (Lipinski definition) is 0. The number of carbonyl (C=O) groups is 1. The molecule has 1 aromatic carbocycles. The van der Waals surface area contributed by atoms with Gasteiger partial charge in [-0.2, -0.15) is 0 Å². The van der Waals surface area contributed by atoms with Crippen LogP contribution in [0.1, 0.15) is 30.1 Å². The number of carbonyl (C=O) groups excluding carboxylic acids is 1. The lowest BCUT2D eigenvalue weighted by molar-refractivity contribution is 0.0972. The van der Waals surface area contributed by atoms with Gasteiger partial charge in [-0.05, 0) is 44.2 Å². The molecule has 0 radical (unpaired) electrons. The van der Waals surface area contributed by atoms with E-state index in [4.69, 9.17) is 0 Å². The molecule has 21 heavy (non-hydrogen) atoms. The fourth-order valence-corrected chi connectivity index (χ4v) is 4.21. The van der Waals surface area contributed by atoms with Crippen LogP contribution in [0, 0.1) is 5.82 Å². The van der Waals surface area contributed by atoms with E-state index in [2.05, 4.69) is 4.90 Å². The monoisotopic (exact) mass is 313 g/mol. The summed E-state index contributed by atoms with van der Waals surface area (Å²) >= 11 is 0. The third-order valence-corrected chi connectivity index (χ3v) is 5.62. The zero-order valence-electron chi connectivity index (χ0n) is 12.1. The van der Waals surface area contributed by atoms with Crippen molar-refractivity contribution in [1.29, 1.82) is 0 Å². The standard InChI is InChI=1S/C15H20FNO3S/c1-12-11-21(19,20)10-9-17(12)8-2-3-15(18)13-4-6-14(16)7-5-13/h4-7,12H,2-3,8-11H2,1H3. The fraction of sp³-hybridized carbons (Fsp3) is 0.533. The van der Waals surface area contributed by atoms with Crippen LogP contribution in [0.5, 0.6) is 0 Å². The highest BCUT2D eigenvalue weighted by atomic mass is 32.2. The lowest BCUT2D eigenvalue weighted by atomic mass is 10.1. The molecule has 0 aromatic heterocycles. The topological polar surface area (TPSA) is 54.5 Å². The Kier molecular flexibility index (Phi) is 5.11. The molecule has 0 spiro atoms. The van der Waals surface area contributed by atoms with Crippen molar-refractivity contribution >= 4 is 15.6 Å². The van der Waals surface area contributed by atoms with Crippen molar-refractivity contribution < 1.29 is 17.6 Å². The molecule has 1 atom stereocenters. The summed E-state index contributed by atoms with van der Waals surface area (Å²) in [6.07, 6.45) is 1.07. The van der Waals surface area contributed by atoms with Crippen LogP contribution >= 0.6 is 0 Å². The fourth-order valence-electron chi connectivity index (χ4n) is 2.59.